The number of carbonyl (C=O) groups is 2. The number of nitrogens with zero attached hydrogens (tertiary/aromatic N) is 3. The van der Waals surface area contributed by atoms with Crippen molar-refractivity contribution in [2.75, 3.05) is 32.8 Å². The van der Waals surface area contributed by atoms with Crippen molar-refractivity contribution in [3.8, 4) is 5.75 Å². The lowest BCUT2D eigenvalue weighted by Crippen LogP contribution is -2.56. The van der Waals surface area contributed by atoms with Crippen LogP contribution in [0.5, 0.6) is 5.75 Å². The van der Waals surface area contributed by atoms with Gasteiger partial charge in [0.15, 0.2) is 0 Å². The molecule has 9 heteroatoms. The van der Waals surface area contributed by atoms with E-state index in [-0.39, 0.29) is 12.5 Å². The molecule has 4 aromatic carbocycles. The van der Waals surface area contributed by atoms with Crippen molar-refractivity contribution in [1.29, 1.82) is 0 Å². The van der Waals surface area contributed by atoms with Crippen LogP contribution in [-0.4, -0.2) is 65.3 Å². The summed E-state index contributed by atoms with van der Waals surface area (Å²) in [5.74, 6) is 0.146. The van der Waals surface area contributed by atoms with Crippen molar-refractivity contribution in [1.82, 2.24) is 14.7 Å². The fourth-order valence-electron chi connectivity index (χ4n) is 5.79. The van der Waals surface area contributed by atoms with Crippen molar-refractivity contribution < 1.29 is 27.5 Å². The Hall–Kier alpha value is -4.89. The highest BCUT2D eigenvalue weighted by Crippen LogP contribution is 2.29. The molecular formula is C39H40F3N3O3. The summed E-state index contributed by atoms with van der Waals surface area (Å²) in [6.45, 7) is 5.85. The van der Waals surface area contributed by atoms with Gasteiger partial charge in [-0.15, -0.1) is 0 Å². The van der Waals surface area contributed by atoms with Crippen LogP contribution in [0.25, 0.3) is 6.08 Å². The molecule has 250 valence electrons. The SMILES string of the molecule is CCOc1ccc(CN(C(=O)C=Cc2ccc(C(F)(F)F)cc2)[C@@H](Cc2ccccc2)C(=O)N2CCN(Cc3ccccc3)CC2)cc1. The number of rotatable bonds is 12. The van der Waals surface area contributed by atoms with Gasteiger partial charge in [0.05, 0.1) is 12.2 Å². The zero-order valence-corrected chi connectivity index (χ0v) is 27.0. The van der Waals surface area contributed by atoms with Crippen molar-refractivity contribution >= 4 is 17.9 Å². The topological polar surface area (TPSA) is 53.1 Å². The molecule has 1 saturated heterocycles. The van der Waals surface area contributed by atoms with Crippen LogP contribution in [0.1, 0.15) is 34.7 Å². The Morgan fingerprint density at radius 3 is 1.98 bits per heavy atom. The molecule has 1 aliphatic rings. The smallest absolute Gasteiger partial charge is 0.416 e. The van der Waals surface area contributed by atoms with Crippen molar-refractivity contribution in [3.05, 3.63) is 143 Å². The zero-order chi connectivity index (χ0) is 33.9. The molecule has 48 heavy (non-hydrogen) atoms. The Kier molecular flexibility index (Phi) is 11.7. The Labute approximate surface area is 280 Å². The van der Waals surface area contributed by atoms with E-state index in [1.54, 1.807) is 4.90 Å². The normalized spacial score (nSPS) is 14.5. The summed E-state index contributed by atoms with van der Waals surface area (Å²) in [7, 11) is 0. The van der Waals surface area contributed by atoms with Crippen LogP contribution in [0.3, 0.4) is 0 Å². The van der Waals surface area contributed by atoms with E-state index in [9.17, 15) is 22.8 Å². The average molecular weight is 656 g/mol. The van der Waals surface area contributed by atoms with Crippen LogP contribution < -0.4 is 4.74 Å². The predicted molar refractivity (Wildman–Crippen MR) is 181 cm³/mol. The van der Waals surface area contributed by atoms with Crippen molar-refractivity contribution in [3.63, 3.8) is 0 Å². The van der Waals surface area contributed by atoms with Crippen LogP contribution in [0.4, 0.5) is 13.2 Å². The van der Waals surface area contributed by atoms with Crippen LogP contribution in [0, 0.1) is 0 Å². The van der Waals surface area contributed by atoms with Crippen LogP contribution in [0.15, 0.2) is 115 Å². The van der Waals surface area contributed by atoms with E-state index in [1.807, 2.05) is 84.6 Å². The molecule has 4 aromatic rings. The first-order chi connectivity index (χ1) is 23.2. The lowest BCUT2D eigenvalue weighted by atomic mass is 10.0. The number of ether oxygens (including phenoxy) is 1. The number of alkyl halides is 3. The third-order valence-electron chi connectivity index (χ3n) is 8.39. The highest BCUT2D eigenvalue weighted by molar-refractivity contribution is 5.95. The van der Waals surface area contributed by atoms with E-state index in [4.69, 9.17) is 4.74 Å². The Balaban J connectivity index is 1.41. The summed E-state index contributed by atoms with van der Waals surface area (Å²) in [5.41, 5.74) is 2.62. The third-order valence-corrected chi connectivity index (χ3v) is 8.39. The second kappa shape index (κ2) is 16.3. The van der Waals surface area contributed by atoms with Crippen LogP contribution in [-0.2, 0) is 35.3 Å². The van der Waals surface area contributed by atoms with Crippen molar-refractivity contribution in [2.45, 2.75) is 38.7 Å². The Morgan fingerprint density at radius 2 is 1.40 bits per heavy atom. The van der Waals surface area contributed by atoms with Gasteiger partial charge in [-0.25, -0.2) is 0 Å². The molecule has 0 N–H and O–H groups in total. The molecule has 1 aliphatic heterocycles. The number of halogens is 3. The maximum atomic E-state index is 14.4. The van der Waals surface area contributed by atoms with E-state index in [1.165, 1.54) is 29.8 Å². The molecule has 1 atom stereocenters. The van der Waals surface area contributed by atoms with Gasteiger partial charge in [0.25, 0.3) is 0 Å². The first-order valence-electron chi connectivity index (χ1n) is 16.2. The largest absolute Gasteiger partial charge is 0.494 e. The van der Waals surface area contributed by atoms with Gasteiger partial charge in [0, 0.05) is 51.8 Å². The molecule has 0 aliphatic carbocycles. The lowest BCUT2D eigenvalue weighted by molar-refractivity contribution is -0.145. The first-order valence-corrected chi connectivity index (χ1v) is 16.2. The lowest BCUT2D eigenvalue weighted by Gasteiger charge is -2.39. The van der Waals surface area contributed by atoms with Gasteiger partial charge in [0.2, 0.25) is 11.8 Å². The molecule has 0 aromatic heterocycles. The minimum Gasteiger partial charge on any atom is -0.494 e. The minimum absolute atomic E-state index is 0.138. The van der Waals surface area contributed by atoms with Gasteiger partial charge >= 0.3 is 6.18 Å². The summed E-state index contributed by atoms with van der Waals surface area (Å²) in [6, 6.07) is 31.0. The molecule has 0 unspecified atom stereocenters. The number of hydrogen-bond donors (Lipinski definition) is 0. The monoisotopic (exact) mass is 655 g/mol. The fourth-order valence-corrected chi connectivity index (χ4v) is 5.79. The second-order valence-corrected chi connectivity index (χ2v) is 11.8. The van der Waals surface area contributed by atoms with Gasteiger partial charge in [0.1, 0.15) is 11.8 Å². The maximum absolute atomic E-state index is 14.4. The molecule has 1 heterocycles. The summed E-state index contributed by atoms with van der Waals surface area (Å²) in [6.07, 6.45) is -1.33. The minimum atomic E-state index is -4.45. The molecule has 6 nitrogen and oxygen atoms in total. The quantitative estimate of drug-likeness (QED) is 0.153. The first kappa shape index (κ1) is 34.4. The van der Waals surface area contributed by atoms with Gasteiger partial charge in [-0.05, 0) is 59.5 Å². The predicted octanol–water partition coefficient (Wildman–Crippen LogP) is 7.10. The fraction of sp³-hybridized carbons (Fsp3) is 0.282. The molecule has 0 spiro atoms. The molecular weight excluding hydrogens is 615 g/mol. The molecule has 0 radical (unpaired) electrons. The number of piperazine rings is 1. The van der Waals surface area contributed by atoms with Gasteiger partial charge in [-0.1, -0.05) is 84.9 Å². The molecule has 0 saturated carbocycles. The standard InChI is InChI=1S/C39H40F3N3O3/c1-2-48-35-20-15-33(16-21-35)29-45(37(46)22-17-30-13-18-34(19-14-30)39(40,41)42)36(27-31-9-5-3-6-10-31)38(47)44-25-23-43(24-26-44)28-32-11-7-4-8-12-32/h3-22,36H,2,23-29H2,1H3/t36-/m0/s1. The molecule has 2 amide bonds. The van der Waals surface area contributed by atoms with Crippen LogP contribution >= 0.6 is 0 Å². The van der Waals surface area contributed by atoms with Crippen molar-refractivity contribution in [2.24, 2.45) is 0 Å². The van der Waals surface area contributed by atoms with E-state index in [2.05, 4.69) is 17.0 Å². The molecule has 5 rings (SSSR count). The second-order valence-electron chi connectivity index (χ2n) is 11.8. The zero-order valence-electron chi connectivity index (χ0n) is 27.0. The van der Waals surface area contributed by atoms with Gasteiger partial charge in [-0.3, -0.25) is 14.5 Å². The number of hydrogen-bond acceptors (Lipinski definition) is 4. The summed E-state index contributed by atoms with van der Waals surface area (Å²) in [5, 5.41) is 0. The summed E-state index contributed by atoms with van der Waals surface area (Å²) >= 11 is 0. The van der Waals surface area contributed by atoms with Crippen LogP contribution in [0.2, 0.25) is 0 Å². The summed E-state index contributed by atoms with van der Waals surface area (Å²) < 4.78 is 44.9. The Bertz CT molecular complexity index is 1640. The number of benzene rings is 4. The molecule has 1 fully saturated rings. The van der Waals surface area contributed by atoms with E-state index >= 15 is 0 Å². The molecule has 0 bridgehead atoms. The highest BCUT2D eigenvalue weighted by atomic mass is 19.4. The highest BCUT2D eigenvalue weighted by Gasteiger charge is 2.34. The van der Waals surface area contributed by atoms with E-state index in [0.717, 1.165) is 29.8 Å². The van der Waals surface area contributed by atoms with E-state index in [0.29, 0.717) is 50.5 Å². The average Bonchev–Trinajstić information content (AvgIpc) is 3.10. The summed E-state index contributed by atoms with van der Waals surface area (Å²) in [4.78, 5) is 34.2. The van der Waals surface area contributed by atoms with Gasteiger partial charge in [-0.2, -0.15) is 13.2 Å². The maximum Gasteiger partial charge on any atom is 0.416 e. The third kappa shape index (κ3) is 9.58. The Morgan fingerprint density at radius 1 is 0.792 bits per heavy atom. The van der Waals surface area contributed by atoms with Gasteiger partial charge < -0.3 is 14.5 Å². The number of carbonyl (C=O) groups excluding carboxylic acids is 2. The van der Waals surface area contributed by atoms with E-state index < -0.39 is 23.7 Å². The number of amides is 2.